The minimum absolute atomic E-state index is 0.0196. The summed E-state index contributed by atoms with van der Waals surface area (Å²) in [7, 11) is -2.14. The van der Waals surface area contributed by atoms with Crippen LogP contribution < -0.4 is 5.73 Å². The van der Waals surface area contributed by atoms with Crippen molar-refractivity contribution < 1.29 is 14.3 Å². The van der Waals surface area contributed by atoms with E-state index in [4.69, 9.17) is 14.9 Å². The Morgan fingerprint density at radius 3 is 2.63 bits per heavy atom. The van der Waals surface area contributed by atoms with Crippen molar-refractivity contribution in [1.29, 1.82) is 0 Å². The van der Waals surface area contributed by atoms with Crippen molar-refractivity contribution in [1.82, 2.24) is 14.6 Å². The first-order valence-electron chi connectivity index (χ1n) is 9.59. The lowest BCUT2D eigenvalue weighted by Gasteiger charge is -2.42. The molecule has 3 N–H and O–H groups in total. The molecule has 0 radical (unpaired) electrons. The van der Waals surface area contributed by atoms with Crippen LogP contribution in [0.4, 0.5) is 5.82 Å². The highest BCUT2D eigenvalue weighted by atomic mass is 28.4. The van der Waals surface area contributed by atoms with E-state index < -0.39 is 20.2 Å². The van der Waals surface area contributed by atoms with Crippen molar-refractivity contribution in [3.05, 3.63) is 24.2 Å². The smallest absolute Gasteiger partial charge is 0.236 e. The zero-order chi connectivity index (χ0) is 20.2. The summed E-state index contributed by atoms with van der Waals surface area (Å²) in [6, 6.07) is 3.60. The molecule has 1 aliphatic heterocycles. The van der Waals surface area contributed by atoms with Crippen LogP contribution in [0.15, 0.2) is 18.5 Å². The van der Waals surface area contributed by atoms with Gasteiger partial charge in [0.2, 0.25) is 5.79 Å². The maximum atomic E-state index is 11.8. The van der Waals surface area contributed by atoms with Gasteiger partial charge in [-0.2, -0.15) is 5.10 Å². The van der Waals surface area contributed by atoms with Crippen LogP contribution in [0, 0.1) is 5.92 Å². The fraction of sp³-hybridized carbons (Fsp3) is 0.684. The van der Waals surface area contributed by atoms with Crippen LogP contribution in [0.1, 0.15) is 46.7 Å². The molecule has 1 aliphatic rings. The minimum Gasteiger partial charge on any atom is -0.408 e. The number of ether oxygens (including phenoxy) is 1. The van der Waals surface area contributed by atoms with E-state index in [-0.39, 0.29) is 17.1 Å². The number of nitrogen functional groups attached to an aromatic ring is 1. The number of fused-ring (bicyclic) bond motifs is 1. The van der Waals surface area contributed by atoms with E-state index in [1.54, 1.807) is 16.6 Å². The fourth-order valence-corrected chi connectivity index (χ4v) is 4.89. The van der Waals surface area contributed by atoms with Crippen LogP contribution in [0.5, 0.6) is 0 Å². The number of aliphatic hydroxyl groups is 1. The van der Waals surface area contributed by atoms with Gasteiger partial charge in [0, 0.05) is 5.92 Å². The molecule has 1 saturated heterocycles. The number of hydrogen-bond acceptors (Lipinski definition) is 6. The Kier molecular flexibility index (Phi) is 4.91. The predicted molar refractivity (Wildman–Crippen MR) is 108 cm³/mol. The van der Waals surface area contributed by atoms with Crippen molar-refractivity contribution in [3.8, 4) is 0 Å². The number of rotatable bonds is 4. The summed E-state index contributed by atoms with van der Waals surface area (Å²) >= 11 is 0. The van der Waals surface area contributed by atoms with Gasteiger partial charge in [-0.1, -0.05) is 34.6 Å². The van der Waals surface area contributed by atoms with Gasteiger partial charge in [-0.15, -0.1) is 0 Å². The molecule has 0 saturated carbocycles. The summed E-state index contributed by atoms with van der Waals surface area (Å²) in [5.41, 5.74) is 7.13. The average Bonchev–Trinajstić information content (AvgIpc) is 3.10. The molecule has 0 bridgehead atoms. The summed E-state index contributed by atoms with van der Waals surface area (Å²) in [5, 5.41) is 16.1. The van der Waals surface area contributed by atoms with E-state index in [9.17, 15) is 5.11 Å². The largest absolute Gasteiger partial charge is 0.408 e. The quantitative estimate of drug-likeness (QED) is 0.775. The molecule has 2 aromatic rings. The van der Waals surface area contributed by atoms with Crippen LogP contribution in [0.3, 0.4) is 0 Å². The van der Waals surface area contributed by atoms with Gasteiger partial charge in [0.25, 0.3) is 0 Å². The van der Waals surface area contributed by atoms with Gasteiger partial charge in [-0.3, -0.25) is 0 Å². The molecule has 1 fully saturated rings. The second kappa shape index (κ2) is 6.54. The number of nitrogens with two attached hydrogens (primary N) is 1. The molecule has 27 heavy (non-hydrogen) atoms. The van der Waals surface area contributed by atoms with E-state index in [1.165, 1.54) is 6.33 Å². The molecule has 2 aromatic heterocycles. The lowest BCUT2D eigenvalue weighted by Crippen LogP contribution is -2.51. The zero-order valence-corrected chi connectivity index (χ0v) is 18.4. The Balaban J connectivity index is 2.10. The Morgan fingerprint density at radius 1 is 1.37 bits per heavy atom. The monoisotopic (exact) mass is 392 g/mol. The van der Waals surface area contributed by atoms with Crippen molar-refractivity contribution in [2.24, 2.45) is 5.92 Å². The first kappa shape index (κ1) is 20.3. The number of aromatic nitrogens is 3. The second-order valence-electron chi connectivity index (χ2n) is 9.08. The maximum Gasteiger partial charge on any atom is 0.236 e. The predicted octanol–water partition coefficient (Wildman–Crippen LogP) is 3.29. The maximum absolute atomic E-state index is 11.8. The topological polar surface area (TPSA) is 94.9 Å². The molecular formula is C19H32N4O3Si. The highest BCUT2D eigenvalue weighted by Crippen LogP contribution is 2.48. The zero-order valence-electron chi connectivity index (χ0n) is 17.4. The Labute approximate surface area is 162 Å². The molecule has 2 unspecified atom stereocenters. The standard InChI is InChI=1S/C19H32N4O3Si/c1-8-14-12(2)16(26-27(6,7)18(3,4)5)19(24,25-14)15-10-9-13-17(20)21-11-22-23(13)15/h9-12,14,16,24H,8H2,1-7H3,(H2,20,21,22)/t12-,14-,16?,19?/m1/s1. The first-order valence-corrected chi connectivity index (χ1v) is 12.5. The van der Waals surface area contributed by atoms with Gasteiger partial charge in [-0.25, -0.2) is 9.50 Å². The van der Waals surface area contributed by atoms with E-state index in [2.05, 4.69) is 57.8 Å². The summed E-state index contributed by atoms with van der Waals surface area (Å²) in [5.74, 6) is -1.19. The molecule has 8 heteroatoms. The van der Waals surface area contributed by atoms with Crippen molar-refractivity contribution in [2.75, 3.05) is 5.73 Å². The Bertz CT molecular complexity index is 832. The highest BCUT2D eigenvalue weighted by molar-refractivity contribution is 6.74. The third-order valence-corrected chi connectivity index (χ3v) is 10.7. The number of hydrogen-bond donors (Lipinski definition) is 2. The fourth-order valence-electron chi connectivity index (χ4n) is 3.52. The third-order valence-electron chi connectivity index (χ3n) is 6.26. The summed E-state index contributed by atoms with van der Waals surface area (Å²) in [6.45, 7) is 15.1. The molecular weight excluding hydrogens is 360 g/mol. The van der Waals surface area contributed by atoms with Gasteiger partial charge < -0.3 is 20.0 Å². The Hall–Kier alpha value is -1.48. The van der Waals surface area contributed by atoms with E-state index in [0.717, 1.165) is 6.42 Å². The van der Waals surface area contributed by atoms with Gasteiger partial charge in [0.1, 0.15) is 23.6 Å². The van der Waals surface area contributed by atoms with E-state index in [1.807, 2.05) is 0 Å². The lowest BCUT2D eigenvalue weighted by molar-refractivity contribution is -0.237. The molecule has 150 valence electrons. The van der Waals surface area contributed by atoms with Gasteiger partial charge in [0.15, 0.2) is 14.1 Å². The number of nitrogens with zero attached hydrogens (tertiary/aromatic N) is 3. The van der Waals surface area contributed by atoms with Crippen molar-refractivity contribution in [3.63, 3.8) is 0 Å². The van der Waals surface area contributed by atoms with Gasteiger partial charge >= 0.3 is 0 Å². The summed E-state index contributed by atoms with van der Waals surface area (Å²) in [4.78, 5) is 4.03. The molecule has 0 aromatic carbocycles. The molecule has 3 rings (SSSR count). The first-order chi connectivity index (χ1) is 12.4. The van der Waals surface area contributed by atoms with Crippen LogP contribution in [0.2, 0.25) is 18.1 Å². The normalized spacial score (nSPS) is 29.6. The van der Waals surface area contributed by atoms with Gasteiger partial charge in [0.05, 0.1) is 6.10 Å². The minimum atomic E-state index is -2.14. The molecule has 0 aliphatic carbocycles. The molecule has 0 amide bonds. The SMILES string of the molecule is CC[C@H]1OC(O)(c2ccc3c(N)ncnn23)C(O[Si](C)(C)C(C)(C)C)[C@@H]1C. The second-order valence-corrected chi connectivity index (χ2v) is 13.8. The van der Waals surface area contributed by atoms with Crippen LogP contribution >= 0.6 is 0 Å². The summed E-state index contributed by atoms with van der Waals surface area (Å²) < 4.78 is 14.5. The lowest BCUT2D eigenvalue weighted by atomic mass is 9.94. The third kappa shape index (κ3) is 3.18. The molecule has 0 spiro atoms. The Morgan fingerprint density at radius 2 is 2.04 bits per heavy atom. The molecule has 3 heterocycles. The van der Waals surface area contributed by atoms with Crippen molar-refractivity contribution in [2.45, 2.75) is 77.2 Å². The van der Waals surface area contributed by atoms with Crippen molar-refractivity contribution >= 4 is 19.7 Å². The van der Waals surface area contributed by atoms with Crippen LogP contribution in [-0.4, -0.2) is 40.2 Å². The number of anilines is 1. The van der Waals surface area contributed by atoms with Crippen LogP contribution in [-0.2, 0) is 14.9 Å². The average molecular weight is 393 g/mol. The molecule has 7 nitrogen and oxygen atoms in total. The molecule has 4 atom stereocenters. The highest BCUT2D eigenvalue weighted by Gasteiger charge is 2.57. The van der Waals surface area contributed by atoms with Gasteiger partial charge in [-0.05, 0) is 36.7 Å². The summed E-state index contributed by atoms with van der Waals surface area (Å²) in [6.07, 6.45) is 1.59. The van der Waals surface area contributed by atoms with E-state index >= 15 is 0 Å². The van der Waals surface area contributed by atoms with E-state index in [0.29, 0.717) is 17.0 Å². The van der Waals surface area contributed by atoms with Crippen LogP contribution in [0.25, 0.3) is 5.52 Å².